The number of rotatable bonds is 2. The highest BCUT2D eigenvalue weighted by molar-refractivity contribution is 5.85. The van der Waals surface area contributed by atoms with Crippen LogP contribution >= 0.6 is 0 Å². The van der Waals surface area contributed by atoms with Gasteiger partial charge in [0.1, 0.15) is 0 Å². The molecule has 0 amide bonds. The molecule has 1 aromatic heterocycles. The van der Waals surface area contributed by atoms with E-state index in [0.717, 1.165) is 26.2 Å². The molecule has 1 saturated carbocycles. The zero-order valence-corrected chi connectivity index (χ0v) is 12.8. The highest BCUT2D eigenvalue weighted by Crippen LogP contribution is 2.34. The summed E-state index contributed by atoms with van der Waals surface area (Å²) in [6.45, 7) is 6.50. The lowest BCUT2D eigenvalue weighted by molar-refractivity contribution is 0.479. The van der Waals surface area contributed by atoms with Crippen molar-refractivity contribution in [1.82, 2.24) is 15.1 Å². The van der Waals surface area contributed by atoms with Gasteiger partial charge < -0.3 is 10.2 Å². The van der Waals surface area contributed by atoms with Crippen molar-refractivity contribution in [1.29, 1.82) is 0 Å². The number of aryl methyl sites for hydroxylation is 1. The second kappa shape index (κ2) is 5.34. The van der Waals surface area contributed by atoms with E-state index in [1.807, 2.05) is 0 Å². The number of hydrogen-bond donors (Lipinski definition) is 1. The lowest BCUT2D eigenvalue weighted by Crippen LogP contribution is -2.43. The molecular weight excluding hydrogens is 260 g/mol. The molecule has 4 heteroatoms. The standard InChI is InChI=1S/C17H24N4/c1-13-16-7-6-15(20-10-8-18-9-11-20)12-17(16)21(19-13)14-4-2-3-5-14/h6-7,12,14,18H,2-5,8-11H2,1H3. The van der Waals surface area contributed by atoms with Gasteiger partial charge in [-0.15, -0.1) is 0 Å². The molecule has 4 nitrogen and oxygen atoms in total. The highest BCUT2D eigenvalue weighted by Gasteiger charge is 2.21. The number of hydrogen-bond acceptors (Lipinski definition) is 3. The third kappa shape index (κ3) is 2.31. The summed E-state index contributed by atoms with van der Waals surface area (Å²) in [5.74, 6) is 0. The third-order valence-electron chi connectivity index (χ3n) is 5.03. The topological polar surface area (TPSA) is 33.1 Å². The maximum absolute atomic E-state index is 4.84. The zero-order chi connectivity index (χ0) is 14.2. The summed E-state index contributed by atoms with van der Waals surface area (Å²) in [6.07, 6.45) is 5.27. The zero-order valence-electron chi connectivity index (χ0n) is 12.8. The molecule has 112 valence electrons. The van der Waals surface area contributed by atoms with Crippen LogP contribution in [0.25, 0.3) is 10.9 Å². The van der Waals surface area contributed by atoms with Gasteiger partial charge in [-0.2, -0.15) is 5.10 Å². The van der Waals surface area contributed by atoms with Crippen LogP contribution < -0.4 is 10.2 Å². The van der Waals surface area contributed by atoms with E-state index in [1.165, 1.54) is 48.0 Å². The number of fused-ring (bicyclic) bond motifs is 1. The Bertz CT molecular complexity index is 634. The summed E-state index contributed by atoms with van der Waals surface area (Å²) in [5, 5.41) is 9.59. The number of anilines is 1. The van der Waals surface area contributed by atoms with E-state index >= 15 is 0 Å². The minimum Gasteiger partial charge on any atom is -0.369 e. The number of benzene rings is 1. The van der Waals surface area contributed by atoms with Crippen molar-refractivity contribution in [3.8, 4) is 0 Å². The predicted molar refractivity (Wildman–Crippen MR) is 87.1 cm³/mol. The molecule has 2 aliphatic rings. The minimum atomic E-state index is 0.611. The quantitative estimate of drug-likeness (QED) is 0.920. The molecule has 0 bridgehead atoms. The molecule has 0 atom stereocenters. The van der Waals surface area contributed by atoms with E-state index in [2.05, 4.69) is 40.0 Å². The molecule has 1 aromatic carbocycles. The maximum atomic E-state index is 4.84. The summed E-state index contributed by atoms with van der Waals surface area (Å²) < 4.78 is 2.31. The summed E-state index contributed by atoms with van der Waals surface area (Å²) in [7, 11) is 0. The van der Waals surface area contributed by atoms with Gasteiger partial charge in [-0.25, -0.2) is 0 Å². The Hall–Kier alpha value is -1.55. The smallest absolute Gasteiger partial charge is 0.0709 e. The summed E-state index contributed by atoms with van der Waals surface area (Å²) in [5.41, 5.74) is 3.85. The van der Waals surface area contributed by atoms with E-state index in [-0.39, 0.29) is 0 Å². The van der Waals surface area contributed by atoms with Crippen LogP contribution in [0.4, 0.5) is 5.69 Å². The van der Waals surface area contributed by atoms with Crippen molar-refractivity contribution in [3.63, 3.8) is 0 Å². The Morgan fingerprint density at radius 2 is 1.90 bits per heavy atom. The second-order valence-electron chi connectivity index (χ2n) is 6.41. The van der Waals surface area contributed by atoms with Gasteiger partial charge >= 0.3 is 0 Å². The van der Waals surface area contributed by atoms with Crippen molar-refractivity contribution in [2.24, 2.45) is 0 Å². The maximum Gasteiger partial charge on any atom is 0.0709 e. The molecular formula is C17H24N4. The van der Waals surface area contributed by atoms with E-state index in [1.54, 1.807) is 0 Å². The van der Waals surface area contributed by atoms with Gasteiger partial charge in [-0.3, -0.25) is 4.68 Å². The van der Waals surface area contributed by atoms with Gasteiger partial charge in [-0.1, -0.05) is 12.8 Å². The Morgan fingerprint density at radius 3 is 2.67 bits per heavy atom. The minimum absolute atomic E-state index is 0.611. The Balaban J connectivity index is 1.75. The van der Waals surface area contributed by atoms with Crippen LogP contribution in [0.15, 0.2) is 18.2 Å². The molecule has 1 saturated heterocycles. The summed E-state index contributed by atoms with van der Waals surface area (Å²) in [6, 6.07) is 7.50. The summed E-state index contributed by atoms with van der Waals surface area (Å²) in [4.78, 5) is 2.48. The van der Waals surface area contributed by atoms with Gasteiger partial charge in [0.25, 0.3) is 0 Å². The van der Waals surface area contributed by atoms with Crippen LogP contribution in [-0.2, 0) is 0 Å². The predicted octanol–water partition coefficient (Wildman–Crippen LogP) is 2.87. The van der Waals surface area contributed by atoms with Crippen LogP contribution in [0.2, 0.25) is 0 Å². The first-order valence-corrected chi connectivity index (χ1v) is 8.27. The first kappa shape index (κ1) is 13.1. The van der Waals surface area contributed by atoms with Gasteiger partial charge in [0, 0.05) is 37.3 Å². The van der Waals surface area contributed by atoms with Gasteiger partial charge in [0.15, 0.2) is 0 Å². The Kier molecular flexibility index (Phi) is 3.34. The number of aromatic nitrogens is 2. The fourth-order valence-corrected chi connectivity index (χ4v) is 3.83. The van der Waals surface area contributed by atoms with Gasteiger partial charge in [0.2, 0.25) is 0 Å². The van der Waals surface area contributed by atoms with Crippen molar-refractivity contribution >= 4 is 16.6 Å². The van der Waals surface area contributed by atoms with E-state index in [4.69, 9.17) is 5.10 Å². The first-order valence-electron chi connectivity index (χ1n) is 8.27. The molecule has 1 aliphatic carbocycles. The molecule has 0 spiro atoms. The van der Waals surface area contributed by atoms with Crippen molar-refractivity contribution < 1.29 is 0 Å². The fraction of sp³-hybridized carbons (Fsp3) is 0.588. The van der Waals surface area contributed by atoms with Crippen LogP contribution in [0, 0.1) is 6.92 Å². The number of nitrogens with one attached hydrogen (secondary N) is 1. The molecule has 21 heavy (non-hydrogen) atoms. The number of piperazine rings is 1. The Morgan fingerprint density at radius 1 is 1.14 bits per heavy atom. The lowest BCUT2D eigenvalue weighted by atomic mass is 10.1. The normalized spacial score (nSPS) is 20.5. The van der Waals surface area contributed by atoms with E-state index in [0.29, 0.717) is 6.04 Å². The fourth-order valence-electron chi connectivity index (χ4n) is 3.83. The largest absolute Gasteiger partial charge is 0.369 e. The van der Waals surface area contributed by atoms with Crippen LogP contribution in [0.1, 0.15) is 37.4 Å². The van der Waals surface area contributed by atoms with Crippen molar-refractivity contribution in [2.75, 3.05) is 31.1 Å². The van der Waals surface area contributed by atoms with Crippen molar-refractivity contribution in [3.05, 3.63) is 23.9 Å². The molecule has 1 N–H and O–H groups in total. The Labute approximate surface area is 126 Å². The summed E-state index contributed by atoms with van der Waals surface area (Å²) >= 11 is 0. The number of nitrogens with zero attached hydrogens (tertiary/aromatic N) is 3. The molecule has 2 heterocycles. The van der Waals surface area contributed by atoms with Gasteiger partial charge in [0.05, 0.1) is 17.3 Å². The average molecular weight is 284 g/mol. The highest BCUT2D eigenvalue weighted by atomic mass is 15.3. The van der Waals surface area contributed by atoms with Crippen LogP contribution in [-0.4, -0.2) is 36.0 Å². The molecule has 4 rings (SSSR count). The third-order valence-corrected chi connectivity index (χ3v) is 5.03. The molecule has 1 aliphatic heterocycles. The van der Waals surface area contributed by atoms with Crippen LogP contribution in [0.3, 0.4) is 0 Å². The molecule has 0 unspecified atom stereocenters. The monoisotopic (exact) mass is 284 g/mol. The van der Waals surface area contributed by atoms with E-state index < -0.39 is 0 Å². The average Bonchev–Trinajstić information content (AvgIpc) is 3.16. The molecule has 2 fully saturated rings. The van der Waals surface area contributed by atoms with E-state index in [9.17, 15) is 0 Å². The van der Waals surface area contributed by atoms with Gasteiger partial charge in [-0.05, 0) is 38.0 Å². The SMILES string of the molecule is Cc1nn(C2CCCC2)c2cc(N3CCNCC3)ccc12. The first-order chi connectivity index (χ1) is 10.3. The lowest BCUT2D eigenvalue weighted by Gasteiger charge is -2.29. The second-order valence-corrected chi connectivity index (χ2v) is 6.41. The molecule has 0 radical (unpaired) electrons. The van der Waals surface area contributed by atoms with Crippen molar-refractivity contribution in [2.45, 2.75) is 38.6 Å². The molecule has 2 aromatic rings. The van der Waals surface area contributed by atoms with Crippen LogP contribution in [0.5, 0.6) is 0 Å².